The molecule has 6 heteroatoms. The number of carboxylic acids is 1. The number of carbonyl (C=O) groups is 2. The second-order valence-corrected chi connectivity index (χ2v) is 5.65. The van der Waals surface area contributed by atoms with E-state index in [1.165, 1.54) is 4.90 Å². The second kappa shape index (κ2) is 5.71. The number of likely N-dealkylation sites (tertiary alicyclic amines) is 1. The van der Waals surface area contributed by atoms with Gasteiger partial charge in [0.05, 0.1) is 16.6 Å². The molecule has 1 saturated heterocycles. The van der Waals surface area contributed by atoms with Crippen LogP contribution in [0.5, 0.6) is 0 Å². The maximum absolute atomic E-state index is 12.1. The molecule has 2 N–H and O–H groups in total. The Labute approximate surface area is 122 Å². The Kier molecular flexibility index (Phi) is 4.18. The summed E-state index contributed by atoms with van der Waals surface area (Å²) < 4.78 is 0. The summed E-state index contributed by atoms with van der Waals surface area (Å²) in [6, 6.07) is 5.05. The number of benzene rings is 1. The fourth-order valence-corrected chi connectivity index (χ4v) is 2.65. The molecule has 5 nitrogen and oxygen atoms in total. The van der Waals surface area contributed by atoms with E-state index in [4.69, 9.17) is 16.7 Å². The van der Waals surface area contributed by atoms with Gasteiger partial charge in [-0.1, -0.05) is 24.6 Å². The summed E-state index contributed by atoms with van der Waals surface area (Å²) in [4.78, 5) is 24.7. The van der Waals surface area contributed by atoms with E-state index in [0.29, 0.717) is 17.3 Å². The Hall–Kier alpha value is -1.75. The van der Waals surface area contributed by atoms with E-state index in [1.54, 1.807) is 12.1 Å². The number of urea groups is 1. The highest BCUT2D eigenvalue weighted by molar-refractivity contribution is 6.33. The molecule has 0 radical (unpaired) electrons. The Bertz CT molecular complexity index is 547. The molecule has 1 fully saturated rings. The van der Waals surface area contributed by atoms with Crippen LogP contribution in [0.1, 0.15) is 12.5 Å². The number of amides is 2. The van der Waals surface area contributed by atoms with Gasteiger partial charge in [-0.15, -0.1) is 0 Å². The molecular formula is C14H17ClN2O3. The van der Waals surface area contributed by atoms with Gasteiger partial charge in [0.15, 0.2) is 0 Å². The molecule has 1 aromatic carbocycles. The van der Waals surface area contributed by atoms with Crippen LogP contribution in [-0.2, 0) is 4.79 Å². The molecule has 0 bridgehead atoms. The summed E-state index contributed by atoms with van der Waals surface area (Å²) >= 11 is 6.06. The number of aliphatic carboxylic acids is 1. The molecule has 1 aromatic rings. The molecule has 0 spiro atoms. The predicted octanol–water partition coefficient (Wildman–Crippen LogP) is 2.83. The summed E-state index contributed by atoms with van der Waals surface area (Å²) in [6.07, 6.45) is 0. The second-order valence-electron chi connectivity index (χ2n) is 5.24. The molecule has 1 aliphatic rings. The van der Waals surface area contributed by atoms with Gasteiger partial charge in [0, 0.05) is 13.1 Å². The number of aryl methyl sites for hydroxylation is 1. The fraction of sp³-hybridized carbons (Fsp3) is 0.429. The SMILES string of the molecule is Cc1ccc(NC(=O)N2CC(C)C(C(=O)O)C2)c(Cl)c1. The molecule has 0 aliphatic carbocycles. The van der Waals surface area contributed by atoms with Crippen molar-refractivity contribution in [2.75, 3.05) is 18.4 Å². The van der Waals surface area contributed by atoms with Gasteiger partial charge in [-0.25, -0.2) is 4.79 Å². The molecule has 1 aliphatic heterocycles. The average Bonchev–Trinajstić information content (AvgIpc) is 2.75. The summed E-state index contributed by atoms with van der Waals surface area (Å²) in [7, 11) is 0. The lowest BCUT2D eigenvalue weighted by Crippen LogP contribution is -2.33. The first-order valence-electron chi connectivity index (χ1n) is 6.43. The van der Waals surface area contributed by atoms with E-state index in [1.807, 2.05) is 19.9 Å². The molecule has 20 heavy (non-hydrogen) atoms. The van der Waals surface area contributed by atoms with E-state index in [-0.39, 0.29) is 18.5 Å². The van der Waals surface area contributed by atoms with Crippen LogP contribution in [0.15, 0.2) is 18.2 Å². The van der Waals surface area contributed by atoms with Gasteiger partial charge in [0.1, 0.15) is 0 Å². The third-order valence-electron chi connectivity index (χ3n) is 3.58. The third kappa shape index (κ3) is 3.04. The van der Waals surface area contributed by atoms with Crippen molar-refractivity contribution < 1.29 is 14.7 Å². The van der Waals surface area contributed by atoms with Crippen molar-refractivity contribution in [3.63, 3.8) is 0 Å². The highest BCUT2D eigenvalue weighted by Gasteiger charge is 2.37. The van der Waals surface area contributed by atoms with E-state index < -0.39 is 11.9 Å². The van der Waals surface area contributed by atoms with Crippen molar-refractivity contribution in [2.24, 2.45) is 11.8 Å². The normalized spacial score (nSPS) is 21.9. The van der Waals surface area contributed by atoms with E-state index >= 15 is 0 Å². The topological polar surface area (TPSA) is 69.6 Å². The van der Waals surface area contributed by atoms with Crippen molar-refractivity contribution >= 4 is 29.3 Å². The van der Waals surface area contributed by atoms with Crippen molar-refractivity contribution in [1.29, 1.82) is 0 Å². The highest BCUT2D eigenvalue weighted by Crippen LogP contribution is 2.26. The predicted molar refractivity (Wildman–Crippen MR) is 77.1 cm³/mol. The van der Waals surface area contributed by atoms with Crippen LogP contribution in [0, 0.1) is 18.8 Å². The minimum atomic E-state index is -0.860. The summed E-state index contributed by atoms with van der Waals surface area (Å²) in [6.45, 7) is 4.42. The Balaban J connectivity index is 2.04. The summed E-state index contributed by atoms with van der Waals surface area (Å²) in [5, 5.41) is 12.3. The quantitative estimate of drug-likeness (QED) is 0.881. The maximum atomic E-state index is 12.1. The van der Waals surface area contributed by atoms with Crippen LogP contribution in [0.3, 0.4) is 0 Å². The lowest BCUT2D eigenvalue weighted by Gasteiger charge is -2.17. The van der Waals surface area contributed by atoms with Gasteiger partial charge in [0.25, 0.3) is 0 Å². The number of halogens is 1. The summed E-state index contributed by atoms with van der Waals surface area (Å²) in [5.41, 5.74) is 1.54. The first-order chi connectivity index (χ1) is 9.38. The molecule has 2 amide bonds. The highest BCUT2D eigenvalue weighted by atomic mass is 35.5. The average molecular weight is 297 g/mol. The zero-order valence-corrected chi connectivity index (χ0v) is 12.1. The molecule has 2 atom stereocenters. The first-order valence-corrected chi connectivity index (χ1v) is 6.81. The van der Waals surface area contributed by atoms with Crippen LogP contribution in [0.4, 0.5) is 10.5 Å². The van der Waals surface area contributed by atoms with Crippen molar-refractivity contribution in [1.82, 2.24) is 4.90 Å². The van der Waals surface area contributed by atoms with Crippen LogP contribution < -0.4 is 5.32 Å². The van der Waals surface area contributed by atoms with Crippen molar-refractivity contribution in [3.8, 4) is 0 Å². The first kappa shape index (κ1) is 14.7. The smallest absolute Gasteiger partial charge is 0.321 e. The number of hydrogen-bond donors (Lipinski definition) is 2. The van der Waals surface area contributed by atoms with Gasteiger partial charge >= 0.3 is 12.0 Å². The minimum absolute atomic E-state index is 0.0493. The standard InChI is InChI=1S/C14H17ClN2O3/c1-8-3-4-12(11(15)5-8)16-14(20)17-6-9(2)10(7-17)13(18)19/h3-5,9-10H,6-7H2,1-2H3,(H,16,20)(H,18,19). The lowest BCUT2D eigenvalue weighted by molar-refractivity contribution is -0.142. The van der Waals surface area contributed by atoms with Crippen molar-refractivity contribution in [2.45, 2.75) is 13.8 Å². The van der Waals surface area contributed by atoms with Crippen LogP contribution in [-0.4, -0.2) is 35.1 Å². The van der Waals surface area contributed by atoms with E-state index in [2.05, 4.69) is 5.32 Å². The fourth-order valence-electron chi connectivity index (χ4n) is 2.37. The van der Waals surface area contributed by atoms with Gasteiger partial charge in [0.2, 0.25) is 0 Å². The van der Waals surface area contributed by atoms with Gasteiger partial charge in [-0.3, -0.25) is 4.79 Å². The van der Waals surface area contributed by atoms with Gasteiger partial charge in [-0.05, 0) is 30.5 Å². The van der Waals surface area contributed by atoms with Crippen LogP contribution in [0.25, 0.3) is 0 Å². The molecule has 2 unspecified atom stereocenters. The van der Waals surface area contributed by atoms with E-state index in [9.17, 15) is 9.59 Å². The van der Waals surface area contributed by atoms with E-state index in [0.717, 1.165) is 5.56 Å². The van der Waals surface area contributed by atoms with Gasteiger partial charge < -0.3 is 15.3 Å². The van der Waals surface area contributed by atoms with Crippen LogP contribution >= 0.6 is 11.6 Å². The Morgan fingerprint density at radius 2 is 2.10 bits per heavy atom. The number of nitrogens with zero attached hydrogens (tertiary/aromatic N) is 1. The van der Waals surface area contributed by atoms with Gasteiger partial charge in [-0.2, -0.15) is 0 Å². The van der Waals surface area contributed by atoms with Crippen molar-refractivity contribution in [3.05, 3.63) is 28.8 Å². The maximum Gasteiger partial charge on any atom is 0.321 e. The molecular weight excluding hydrogens is 280 g/mol. The third-order valence-corrected chi connectivity index (χ3v) is 3.90. The Morgan fingerprint density at radius 1 is 1.40 bits per heavy atom. The number of carbonyl (C=O) groups excluding carboxylic acids is 1. The monoisotopic (exact) mass is 296 g/mol. The number of nitrogens with one attached hydrogen (secondary N) is 1. The largest absolute Gasteiger partial charge is 0.481 e. The molecule has 2 rings (SSSR count). The molecule has 0 saturated carbocycles. The number of carboxylic acid groups (broad SMARTS) is 1. The summed E-state index contributed by atoms with van der Waals surface area (Å²) in [5.74, 6) is -1.41. The number of hydrogen-bond acceptors (Lipinski definition) is 2. The zero-order valence-electron chi connectivity index (χ0n) is 11.4. The molecule has 1 heterocycles. The molecule has 0 aromatic heterocycles. The molecule has 108 valence electrons. The minimum Gasteiger partial charge on any atom is -0.481 e. The number of rotatable bonds is 2. The zero-order chi connectivity index (χ0) is 14.9. The van der Waals surface area contributed by atoms with Crippen LogP contribution in [0.2, 0.25) is 5.02 Å². The Morgan fingerprint density at radius 3 is 2.65 bits per heavy atom. The lowest BCUT2D eigenvalue weighted by atomic mass is 9.99. The number of anilines is 1.